The van der Waals surface area contributed by atoms with Crippen molar-refractivity contribution in [3.05, 3.63) is 35.6 Å². The number of hydrogen-bond acceptors (Lipinski definition) is 1. The third-order valence-electron chi connectivity index (χ3n) is 0.966. The normalized spacial score (nSPS) is 16.6. The predicted molar refractivity (Wildman–Crippen MR) is 31.0 cm³/mol. The SMILES string of the molecule is C[C+]1C=C=C[C-]=C1O. The minimum absolute atomic E-state index is 0.212. The van der Waals surface area contributed by atoms with Crippen LogP contribution in [0.25, 0.3) is 0 Å². The van der Waals surface area contributed by atoms with E-state index in [-0.39, 0.29) is 5.76 Å². The molecule has 40 valence electrons. The van der Waals surface area contributed by atoms with Crippen molar-refractivity contribution in [1.29, 1.82) is 0 Å². The smallest absolute Gasteiger partial charge is 0.127 e. The zero-order valence-corrected chi connectivity index (χ0v) is 4.60. The van der Waals surface area contributed by atoms with Crippen molar-refractivity contribution in [3.63, 3.8) is 0 Å². The van der Waals surface area contributed by atoms with Crippen LogP contribution in [0.15, 0.2) is 23.6 Å². The average Bonchev–Trinajstić information content (AvgIpc) is 1.77. The van der Waals surface area contributed by atoms with Gasteiger partial charge in [-0.1, -0.05) is 0 Å². The molecule has 1 rings (SSSR count). The lowest BCUT2D eigenvalue weighted by Gasteiger charge is -2.03. The molecule has 1 aliphatic carbocycles. The second-order valence-corrected chi connectivity index (χ2v) is 1.63. The molecule has 0 bridgehead atoms. The van der Waals surface area contributed by atoms with Gasteiger partial charge < -0.3 is 5.11 Å². The summed E-state index contributed by atoms with van der Waals surface area (Å²) in [6.07, 6.45) is 5.87. The summed E-state index contributed by atoms with van der Waals surface area (Å²) in [5, 5.41) is 8.84. The molecule has 0 atom stereocenters. The Kier molecular flexibility index (Phi) is 1.15. The lowest BCUT2D eigenvalue weighted by atomic mass is 10.1. The summed E-state index contributed by atoms with van der Waals surface area (Å²) in [4.78, 5) is 0. The highest BCUT2D eigenvalue weighted by atomic mass is 16.3. The standard InChI is InChI=1S/C7H6O/c1-6-4-2-3-5-7(6)8/h3-4,8H,1H3. The summed E-state index contributed by atoms with van der Waals surface area (Å²) in [6, 6.07) is 0. The Morgan fingerprint density at radius 2 is 2.62 bits per heavy atom. The van der Waals surface area contributed by atoms with Crippen LogP contribution in [0.4, 0.5) is 0 Å². The second-order valence-electron chi connectivity index (χ2n) is 1.63. The van der Waals surface area contributed by atoms with E-state index in [9.17, 15) is 0 Å². The molecule has 0 unspecified atom stereocenters. The van der Waals surface area contributed by atoms with Gasteiger partial charge >= 0.3 is 0 Å². The molecule has 8 heavy (non-hydrogen) atoms. The fourth-order valence-electron chi connectivity index (χ4n) is 0.459. The molecule has 0 radical (unpaired) electrons. The number of aliphatic hydroxyl groups is 1. The summed E-state index contributed by atoms with van der Waals surface area (Å²) in [5.74, 6) is 1.02. The predicted octanol–water partition coefficient (Wildman–Crippen LogP) is 1.55. The fraction of sp³-hybridized carbons (Fsp3) is 0.143. The zero-order chi connectivity index (χ0) is 5.98. The van der Waals surface area contributed by atoms with E-state index in [1.807, 2.05) is 6.92 Å². The molecule has 1 aliphatic rings. The van der Waals surface area contributed by atoms with Gasteiger partial charge in [-0.15, -0.1) is 5.73 Å². The molecule has 0 saturated heterocycles. The van der Waals surface area contributed by atoms with E-state index in [0.29, 0.717) is 0 Å². The Labute approximate surface area is 48.6 Å². The third-order valence-corrected chi connectivity index (χ3v) is 0.966. The molecule has 1 heteroatoms. The summed E-state index contributed by atoms with van der Waals surface area (Å²) < 4.78 is 0. The highest BCUT2D eigenvalue weighted by Crippen LogP contribution is 2.12. The summed E-state index contributed by atoms with van der Waals surface area (Å²) in [5.41, 5.74) is 2.79. The molecular formula is C7H6O. The quantitative estimate of drug-likeness (QED) is 0.367. The Morgan fingerprint density at radius 3 is 3.00 bits per heavy atom. The molecule has 0 spiro atoms. The van der Waals surface area contributed by atoms with Gasteiger partial charge in [-0.3, -0.25) is 0 Å². The Hall–Kier alpha value is -1.07. The monoisotopic (exact) mass is 106 g/mol. The van der Waals surface area contributed by atoms with Gasteiger partial charge in [-0.2, -0.15) is 0 Å². The largest absolute Gasteiger partial charge is 0.507 e. The van der Waals surface area contributed by atoms with Gasteiger partial charge in [0.15, 0.2) is 0 Å². The second kappa shape index (κ2) is 1.81. The minimum Gasteiger partial charge on any atom is -0.507 e. The van der Waals surface area contributed by atoms with Gasteiger partial charge in [0, 0.05) is 6.08 Å². The summed E-state index contributed by atoms with van der Waals surface area (Å²) in [6.45, 7) is 1.81. The molecule has 0 aromatic heterocycles. The maximum atomic E-state index is 8.84. The average molecular weight is 106 g/mol. The van der Waals surface area contributed by atoms with Crippen molar-refractivity contribution in [3.8, 4) is 0 Å². The molecule has 1 nitrogen and oxygen atoms in total. The van der Waals surface area contributed by atoms with Gasteiger partial charge in [0.05, 0.1) is 0 Å². The summed E-state index contributed by atoms with van der Waals surface area (Å²) in [7, 11) is 0. The van der Waals surface area contributed by atoms with Crippen molar-refractivity contribution in [2.75, 3.05) is 0 Å². The number of allylic oxidation sites excluding steroid dienone is 2. The first-order valence-corrected chi connectivity index (χ1v) is 2.38. The van der Waals surface area contributed by atoms with E-state index in [2.05, 4.69) is 11.8 Å². The maximum absolute atomic E-state index is 8.84. The lowest BCUT2D eigenvalue weighted by molar-refractivity contribution is 0.408. The molecule has 1 N–H and O–H groups in total. The van der Waals surface area contributed by atoms with Crippen LogP contribution in [0.2, 0.25) is 0 Å². The van der Waals surface area contributed by atoms with E-state index < -0.39 is 0 Å². The molecule has 0 aliphatic heterocycles. The first kappa shape index (κ1) is 5.07. The van der Waals surface area contributed by atoms with Crippen molar-refractivity contribution >= 4 is 0 Å². The first-order chi connectivity index (χ1) is 3.80. The number of aliphatic hydroxyl groups excluding tert-OH is 1. The Morgan fingerprint density at radius 1 is 1.88 bits per heavy atom. The number of rotatable bonds is 0. The van der Waals surface area contributed by atoms with Crippen molar-refractivity contribution < 1.29 is 5.11 Å². The van der Waals surface area contributed by atoms with Gasteiger partial charge in [0.1, 0.15) is 5.76 Å². The fourth-order valence-corrected chi connectivity index (χ4v) is 0.459. The van der Waals surface area contributed by atoms with Gasteiger partial charge in [0.2, 0.25) is 0 Å². The highest BCUT2D eigenvalue weighted by molar-refractivity contribution is 5.29. The lowest BCUT2D eigenvalue weighted by Crippen LogP contribution is -1.92. The van der Waals surface area contributed by atoms with Crippen molar-refractivity contribution in [1.82, 2.24) is 0 Å². The van der Waals surface area contributed by atoms with Crippen LogP contribution >= 0.6 is 0 Å². The van der Waals surface area contributed by atoms with E-state index in [1.165, 1.54) is 0 Å². The van der Waals surface area contributed by atoms with Gasteiger partial charge in [-0.05, 0) is 25.0 Å². The summed E-state index contributed by atoms with van der Waals surface area (Å²) >= 11 is 0. The Bertz CT molecular complexity index is 171. The van der Waals surface area contributed by atoms with Gasteiger partial charge in [0.25, 0.3) is 0 Å². The highest BCUT2D eigenvalue weighted by Gasteiger charge is 2.02. The van der Waals surface area contributed by atoms with Crippen LogP contribution < -0.4 is 0 Å². The molecular weight excluding hydrogens is 100 g/mol. The van der Waals surface area contributed by atoms with E-state index in [1.54, 1.807) is 12.2 Å². The van der Waals surface area contributed by atoms with Crippen LogP contribution in [-0.2, 0) is 0 Å². The Balaban J connectivity index is 2.86. The third kappa shape index (κ3) is 0.772. The van der Waals surface area contributed by atoms with Gasteiger partial charge in [-0.25, -0.2) is 0 Å². The molecule has 0 aromatic rings. The van der Waals surface area contributed by atoms with Crippen molar-refractivity contribution in [2.45, 2.75) is 6.92 Å². The maximum Gasteiger partial charge on any atom is 0.127 e. The van der Waals surface area contributed by atoms with Crippen LogP contribution in [0.5, 0.6) is 0 Å². The topological polar surface area (TPSA) is 20.2 Å². The molecule has 0 heterocycles. The van der Waals surface area contributed by atoms with E-state index in [4.69, 9.17) is 5.11 Å². The van der Waals surface area contributed by atoms with Crippen molar-refractivity contribution in [2.24, 2.45) is 0 Å². The number of hydrogen-bond donors (Lipinski definition) is 1. The molecule has 0 fully saturated rings. The first-order valence-electron chi connectivity index (χ1n) is 2.38. The van der Waals surface area contributed by atoms with Crippen LogP contribution in [0.1, 0.15) is 6.92 Å². The minimum atomic E-state index is 0.212. The van der Waals surface area contributed by atoms with Crippen LogP contribution in [-0.4, -0.2) is 5.11 Å². The van der Waals surface area contributed by atoms with Crippen LogP contribution in [0, 0.1) is 12.0 Å². The van der Waals surface area contributed by atoms with E-state index in [0.717, 1.165) is 5.92 Å². The molecule has 0 aromatic carbocycles. The van der Waals surface area contributed by atoms with Crippen LogP contribution in [0.3, 0.4) is 0 Å². The van der Waals surface area contributed by atoms with E-state index >= 15 is 0 Å². The molecule has 0 amide bonds. The zero-order valence-electron chi connectivity index (χ0n) is 4.60. The molecule has 0 saturated carbocycles.